The van der Waals surface area contributed by atoms with Gasteiger partial charge in [-0.15, -0.1) is 0 Å². The third-order valence-electron chi connectivity index (χ3n) is 5.19. The first-order valence-electron chi connectivity index (χ1n) is 7.06. The molecule has 4 unspecified atom stereocenters. The van der Waals surface area contributed by atoms with E-state index >= 15 is 0 Å². The molecule has 0 heterocycles. The fourth-order valence-electron chi connectivity index (χ4n) is 4.30. The molecular weight excluding hydrogens is 234 g/mol. The van der Waals surface area contributed by atoms with Crippen molar-refractivity contribution in [3.8, 4) is 0 Å². The Labute approximate surface area is 104 Å². The Hall–Kier alpha value is -0.0900. The Morgan fingerprint density at radius 2 is 1.82 bits per heavy atom. The molecule has 0 aromatic carbocycles. The van der Waals surface area contributed by atoms with Gasteiger partial charge in [0.05, 0.1) is 5.75 Å². The third-order valence-corrected chi connectivity index (χ3v) is 6.98. The zero-order valence-electron chi connectivity index (χ0n) is 10.6. The largest absolute Gasteiger partial charge is 0.313 e. The van der Waals surface area contributed by atoms with Crippen LogP contribution in [-0.2, 0) is 9.84 Å². The van der Waals surface area contributed by atoms with Crippen molar-refractivity contribution in [3.63, 3.8) is 0 Å². The molecule has 0 aromatic rings. The van der Waals surface area contributed by atoms with Crippen molar-refractivity contribution in [1.82, 2.24) is 5.32 Å². The number of sulfone groups is 1. The van der Waals surface area contributed by atoms with E-state index in [4.69, 9.17) is 0 Å². The van der Waals surface area contributed by atoms with Gasteiger partial charge in [0.25, 0.3) is 0 Å². The molecule has 17 heavy (non-hydrogen) atoms. The van der Waals surface area contributed by atoms with Gasteiger partial charge in [-0.2, -0.15) is 0 Å². The maximum absolute atomic E-state index is 11.3. The minimum Gasteiger partial charge on any atom is -0.313 e. The quantitative estimate of drug-likeness (QED) is 0.733. The molecule has 0 saturated heterocycles. The molecule has 2 bridgehead atoms. The van der Waals surface area contributed by atoms with Crippen LogP contribution in [0.15, 0.2) is 0 Å². The monoisotopic (exact) mass is 257 g/mol. The van der Waals surface area contributed by atoms with Crippen LogP contribution in [0, 0.1) is 23.7 Å². The molecule has 0 amide bonds. The molecule has 3 aliphatic rings. The van der Waals surface area contributed by atoms with Crippen LogP contribution in [0.25, 0.3) is 0 Å². The first-order valence-corrected chi connectivity index (χ1v) is 8.88. The Balaban J connectivity index is 1.38. The van der Waals surface area contributed by atoms with E-state index in [2.05, 4.69) is 5.32 Å². The van der Waals surface area contributed by atoms with E-state index in [1.54, 1.807) is 6.92 Å². The van der Waals surface area contributed by atoms with E-state index in [-0.39, 0.29) is 5.75 Å². The molecule has 1 N–H and O–H groups in total. The number of nitrogens with one attached hydrogen (secondary N) is 1. The summed E-state index contributed by atoms with van der Waals surface area (Å²) in [6.45, 7) is 2.61. The minimum atomic E-state index is -2.76. The summed E-state index contributed by atoms with van der Waals surface area (Å²) in [6.07, 6.45) is 5.17. The highest BCUT2D eigenvalue weighted by molar-refractivity contribution is 7.91. The SMILES string of the molecule is CCS(=O)(=O)CCCNC1C2C3CCC(C3)C12. The molecule has 3 rings (SSSR count). The van der Waals surface area contributed by atoms with E-state index < -0.39 is 9.84 Å². The first-order chi connectivity index (χ1) is 8.12. The van der Waals surface area contributed by atoms with E-state index in [0.717, 1.165) is 42.7 Å². The van der Waals surface area contributed by atoms with Gasteiger partial charge in [0, 0.05) is 11.8 Å². The normalized spacial score (nSPS) is 42.8. The predicted octanol–water partition coefficient (Wildman–Crippen LogP) is 1.45. The molecule has 0 aliphatic heterocycles. The minimum absolute atomic E-state index is 0.284. The summed E-state index contributed by atoms with van der Waals surface area (Å²) >= 11 is 0. The second kappa shape index (κ2) is 4.23. The lowest BCUT2D eigenvalue weighted by atomic mass is 10.0. The summed E-state index contributed by atoms with van der Waals surface area (Å²) in [4.78, 5) is 0. The average molecular weight is 257 g/mol. The van der Waals surface area contributed by atoms with Crippen LogP contribution in [0.5, 0.6) is 0 Å². The second-order valence-corrected chi connectivity index (χ2v) is 8.53. The Morgan fingerprint density at radius 3 is 2.41 bits per heavy atom. The van der Waals surface area contributed by atoms with Gasteiger partial charge in [0.2, 0.25) is 0 Å². The van der Waals surface area contributed by atoms with Crippen LogP contribution in [0.2, 0.25) is 0 Å². The van der Waals surface area contributed by atoms with Gasteiger partial charge in [-0.05, 0) is 55.9 Å². The van der Waals surface area contributed by atoms with Crippen molar-refractivity contribution < 1.29 is 8.42 Å². The van der Waals surface area contributed by atoms with E-state index in [9.17, 15) is 8.42 Å². The van der Waals surface area contributed by atoms with Crippen molar-refractivity contribution in [2.24, 2.45) is 23.7 Å². The van der Waals surface area contributed by atoms with Crippen LogP contribution < -0.4 is 5.32 Å². The Bertz CT molecular complexity index is 376. The number of rotatable bonds is 6. The zero-order valence-corrected chi connectivity index (χ0v) is 11.4. The Morgan fingerprint density at radius 1 is 1.18 bits per heavy atom. The van der Waals surface area contributed by atoms with Crippen LogP contribution in [0.4, 0.5) is 0 Å². The van der Waals surface area contributed by atoms with Gasteiger partial charge in [0.15, 0.2) is 0 Å². The summed E-state index contributed by atoms with van der Waals surface area (Å²) in [5.74, 6) is 4.55. The standard InChI is InChI=1S/C13H23NO2S/c1-2-17(15,16)7-3-6-14-13-11-9-4-5-10(8-9)12(11)13/h9-14H,2-8H2,1H3. The van der Waals surface area contributed by atoms with Crippen LogP contribution in [0.1, 0.15) is 32.6 Å². The maximum atomic E-state index is 11.3. The molecule has 0 spiro atoms. The van der Waals surface area contributed by atoms with Gasteiger partial charge in [-0.3, -0.25) is 0 Å². The van der Waals surface area contributed by atoms with Crippen molar-refractivity contribution >= 4 is 9.84 Å². The summed E-state index contributed by atoms with van der Waals surface area (Å²) in [5, 5.41) is 3.59. The van der Waals surface area contributed by atoms with Crippen molar-refractivity contribution in [2.45, 2.75) is 38.6 Å². The lowest BCUT2D eigenvalue weighted by Gasteiger charge is -2.10. The fourth-order valence-corrected chi connectivity index (χ4v) is 5.18. The van der Waals surface area contributed by atoms with Gasteiger partial charge in [-0.25, -0.2) is 8.42 Å². The molecule has 4 atom stereocenters. The van der Waals surface area contributed by atoms with Gasteiger partial charge >= 0.3 is 0 Å². The Kier molecular flexibility index (Phi) is 2.98. The van der Waals surface area contributed by atoms with E-state index in [1.807, 2.05) is 0 Å². The highest BCUT2D eigenvalue weighted by atomic mass is 32.2. The summed E-state index contributed by atoms with van der Waals surface area (Å²) in [7, 11) is -2.76. The molecule has 3 fully saturated rings. The number of hydrogen-bond acceptors (Lipinski definition) is 3. The van der Waals surface area contributed by atoms with Gasteiger partial charge in [0.1, 0.15) is 9.84 Å². The molecule has 3 nitrogen and oxygen atoms in total. The maximum Gasteiger partial charge on any atom is 0.150 e. The topological polar surface area (TPSA) is 46.2 Å². The predicted molar refractivity (Wildman–Crippen MR) is 68.5 cm³/mol. The average Bonchev–Trinajstić information content (AvgIpc) is 2.71. The zero-order chi connectivity index (χ0) is 12.0. The highest BCUT2D eigenvalue weighted by Gasteiger charge is 2.64. The fraction of sp³-hybridized carbons (Fsp3) is 1.00. The molecular formula is C13H23NO2S. The van der Waals surface area contributed by atoms with E-state index in [1.165, 1.54) is 19.3 Å². The van der Waals surface area contributed by atoms with Crippen LogP contribution >= 0.6 is 0 Å². The smallest absolute Gasteiger partial charge is 0.150 e. The van der Waals surface area contributed by atoms with E-state index in [0.29, 0.717) is 5.75 Å². The highest BCUT2D eigenvalue weighted by Crippen LogP contribution is 2.65. The van der Waals surface area contributed by atoms with Gasteiger partial charge in [-0.1, -0.05) is 6.92 Å². The summed E-state index contributed by atoms with van der Waals surface area (Å²) in [6, 6.07) is 0.741. The number of fused-ring (bicyclic) bond motifs is 5. The second-order valence-electron chi connectivity index (χ2n) is 6.06. The third kappa shape index (κ3) is 2.14. The van der Waals surface area contributed by atoms with Gasteiger partial charge < -0.3 is 5.32 Å². The van der Waals surface area contributed by atoms with Crippen LogP contribution in [0.3, 0.4) is 0 Å². The molecule has 0 radical (unpaired) electrons. The summed E-state index contributed by atoms with van der Waals surface area (Å²) < 4.78 is 22.7. The van der Waals surface area contributed by atoms with Crippen molar-refractivity contribution in [3.05, 3.63) is 0 Å². The molecule has 98 valence electrons. The van der Waals surface area contributed by atoms with Crippen molar-refractivity contribution in [1.29, 1.82) is 0 Å². The molecule has 3 saturated carbocycles. The first kappa shape index (κ1) is 12.0. The van der Waals surface area contributed by atoms with Crippen LogP contribution in [-0.4, -0.2) is 32.5 Å². The lowest BCUT2D eigenvalue weighted by molar-refractivity contribution is 0.456. The lowest BCUT2D eigenvalue weighted by Crippen LogP contribution is -2.25. The molecule has 0 aromatic heterocycles. The van der Waals surface area contributed by atoms with Crippen molar-refractivity contribution in [2.75, 3.05) is 18.1 Å². The molecule has 3 aliphatic carbocycles. The molecule has 4 heteroatoms. The summed E-state index contributed by atoms with van der Waals surface area (Å²) in [5.41, 5.74) is 0. The number of hydrogen-bond donors (Lipinski definition) is 1.